The molecule has 0 unspecified atom stereocenters. The fourth-order valence-electron chi connectivity index (χ4n) is 5.67. The van der Waals surface area contributed by atoms with E-state index in [1.54, 1.807) is 0 Å². The van der Waals surface area contributed by atoms with Crippen molar-refractivity contribution in [1.82, 2.24) is 0 Å². The lowest BCUT2D eigenvalue weighted by molar-refractivity contribution is 0.785. The van der Waals surface area contributed by atoms with Crippen LogP contribution in [0.25, 0.3) is 0 Å². The molecule has 0 amide bonds. The van der Waals surface area contributed by atoms with E-state index in [9.17, 15) is 0 Å². The Morgan fingerprint density at radius 1 is 0.465 bits per heavy atom. The largest absolute Gasteiger partial charge is 0.341 e. The van der Waals surface area contributed by atoms with Gasteiger partial charge in [-0.1, -0.05) is 117 Å². The van der Waals surface area contributed by atoms with Gasteiger partial charge in [-0.3, -0.25) is 0 Å². The minimum Gasteiger partial charge on any atom is -0.341 e. The molecule has 220 valence electrons. The molecule has 0 N–H and O–H groups in total. The number of hydrogen-bond donors (Lipinski definition) is 0. The molecule has 0 aromatic heterocycles. The zero-order valence-corrected chi connectivity index (χ0v) is 26.6. The maximum Gasteiger partial charge on any atom is 0.0462 e. The Balaban J connectivity index is 1.53. The molecule has 5 aromatic carbocycles. The van der Waals surface area contributed by atoms with Gasteiger partial charge in [0, 0.05) is 57.4 Å². The highest BCUT2D eigenvalue weighted by Gasteiger charge is 2.23. The molecule has 0 radical (unpaired) electrons. The number of rotatable bonds is 13. The highest BCUT2D eigenvalue weighted by atomic mass is 35.5. The second-order valence-electron chi connectivity index (χ2n) is 10.9. The first-order valence-corrected chi connectivity index (χ1v) is 16.1. The molecule has 0 saturated heterocycles. The second-order valence-corrected chi connectivity index (χ2v) is 11.7. The third kappa shape index (κ3) is 7.44. The fraction of sp³-hybridized carbons (Fsp3) is 0.231. The van der Waals surface area contributed by atoms with Crippen molar-refractivity contribution in [2.24, 2.45) is 0 Å². The Morgan fingerprint density at radius 2 is 0.837 bits per heavy atom. The molecule has 5 aromatic rings. The van der Waals surface area contributed by atoms with Gasteiger partial charge in [0.15, 0.2) is 0 Å². The Morgan fingerprint density at radius 3 is 1.21 bits per heavy atom. The van der Waals surface area contributed by atoms with E-state index >= 15 is 0 Å². The summed E-state index contributed by atoms with van der Waals surface area (Å²) in [6.07, 6.45) is 4.54. The van der Waals surface area contributed by atoms with Crippen LogP contribution in [0.5, 0.6) is 0 Å². The van der Waals surface area contributed by atoms with Gasteiger partial charge in [0.25, 0.3) is 0 Å². The molecule has 0 aliphatic heterocycles. The summed E-state index contributed by atoms with van der Waals surface area (Å²) >= 11 is 13.7. The third-order valence-corrected chi connectivity index (χ3v) is 8.63. The molecule has 0 heterocycles. The number of unbranched alkanes of at least 4 members (excludes halogenated alkanes) is 2. The van der Waals surface area contributed by atoms with Gasteiger partial charge in [-0.2, -0.15) is 0 Å². The lowest BCUT2D eigenvalue weighted by Gasteiger charge is -2.27. The van der Waals surface area contributed by atoms with Crippen LogP contribution in [-0.2, 0) is 0 Å². The Labute approximate surface area is 267 Å². The van der Waals surface area contributed by atoms with Crippen molar-refractivity contribution in [1.29, 1.82) is 0 Å². The molecular weight excluding hydrogens is 567 g/mol. The molecule has 0 atom stereocenters. The smallest absolute Gasteiger partial charge is 0.0462 e. The fourth-order valence-corrected chi connectivity index (χ4v) is 6.28. The first-order chi connectivity index (χ1) is 21.1. The van der Waals surface area contributed by atoms with Gasteiger partial charge in [0.2, 0.25) is 0 Å². The number of hydrogen-bond acceptors (Lipinski definition) is 2. The van der Waals surface area contributed by atoms with E-state index in [0.29, 0.717) is 10.0 Å². The van der Waals surface area contributed by atoms with Crippen LogP contribution in [0.4, 0.5) is 22.7 Å². The molecule has 0 aliphatic carbocycles. The van der Waals surface area contributed by atoms with Crippen LogP contribution in [0.15, 0.2) is 127 Å². The van der Waals surface area contributed by atoms with Gasteiger partial charge >= 0.3 is 0 Å². The van der Waals surface area contributed by atoms with E-state index < -0.39 is 0 Å². The lowest BCUT2D eigenvalue weighted by atomic mass is 9.84. The lowest BCUT2D eigenvalue weighted by Crippen LogP contribution is -2.18. The number of para-hydroxylation sites is 2. The molecule has 0 bridgehead atoms. The van der Waals surface area contributed by atoms with Crippen molar-refractivity contribution < 1.29 is 0 Å². The minimum atomic E-state index is -0.106. The predicted octanol–water partition coefficient (Wildman–Crippen LogP) is 12.0. The molecule has 43 heavy (non-hydrogen) atoms. The number of benzene rings is 5. The summed E-state index contributed by atoms with van der Waals surface area (Å²) in [5.41, 5.74) is 8.01. The summed E-state index contributed by atoms with van der Waals surface area (Å²) in [6, 6.07) is 44.8. The van der Waals surface area contributed by atoms with Gasteiger partial charge < -0.3 is 9.80 Å². The number of anilines is 4. The van der Waals surface area contributed by atoms with Crippen molar-refractivity contribution in [2.75, 3.05) is 22.9 Å². The molecule has 5 rings (SSSR count). The predicted molar refractivity (Wildman–Crippen MR) is 187 cm³/mol. The van der Waals surface area contributed by atoms with Crippen molar-refractivity contribution >= 4 is 46.0 Å². The normalized spacial score (nSPS) is 11.1. The minimum absolute atomic E-state index is 0.106. The summed E-state index contributed by atoms with van der Waals surface area (Å²) in [6.45, 7) is 6.41. The van der Waals surface area contributed by atoms with Gasteiger partial charge in [-0.15, -0.1) is 0 Å². The topological polar surface area (TPSA) is 6.48 Å². The molecular formula is C39H40Cl2N2. The van der Waals surface area contributed by atoms with E-state index in [1.807, 2.05) is 18.2 Å². The van der Waals surface area contributed by atoms with E-state index in [-0.39, 0.29) is 5.92 Å². The van der Waals surface area contributed by atoms with E-state index in [1.165, 1.54) is 22.7 Å². The van der Waals surface area contributed by atoms with Crippen LogP contribution in [0, 0.1) is 0 Å². The Hall–Kier alpha value is -3.72. The van der Waals surface area contributed by atoms with Crippen molar-refractivity contribution in [3.8, 4) is 0 Å². The van der Waals surface area contributed by atoms with E-state index in [0.717, 1.165) is 55.5 Å². The van der Waals surface area contributed by atoms with Gasteiger partial charge in [-0.25, -0.2) is 0 Å². The molecule has 4 heteroatoms. The summed E-state index contributed by atoms with van der Waals surface area (Å²) < 4.78 is 0. The van der Waals surface area contributed by atoms with Crippen LogP contribution in [0.1, 0.15) is 62.1 Å². The van der Waals surface area contributed by atoms with Crippen molar-refractivity contribution in [3.05, 3.63) is 154 Å². The van der Waals surface area contributed by atoms with E-state index in [4.69, 9.17) is 23.2 Å². The molecule has 0 aliphatic rings. The monoisotopic (exact) mass is 606 g/mol. The Kier molecular flexibility index (Phi) is 10.8. The molecule has 0 fully saturated rings. The van der Waals surface area contributed by atoms with Gasteiger partial charge in [-0.05, 0) is 84.6 Å². The number of halogens is 2. The first-order valence-electron chi connectivity index (χ1n) is 15.4. The van der Waals surface area contributed by atoms with Crippen LogP contribution < -0.4 is 9.80 Å². The van der Waals surface area contributed by atoms with E-state index in [2.05, 4.69) is 133 Å². The quantitative estimate of drug-likeness (QED) is 0.123. The first kappa shape index (κ1) is 30.7. The second kappa shape index (κ2) is 15.1. The summed E-state index contributed by atoms with van der Waals surface area (Å²) in [5, 5.41) is 1.35. The van der Waals surface area contributed by atoms with Crippen molar-refractivity contribution in [3.63, 3.8) is 0 Å². The third-order valence-electron chi connectivity index (χ3n) is 7.97. The molecule has 0 saturated carbocycles. The summed E-state index contributed by atoms with van der Waals surface area (Å²) in [5.74, 6) is -0.106. The highest BCUT2D eigenvalue weighted by molar-refractivity contribution is 6.36. The Bertz CT molecular complexity index is 1440. The van der Waals surface area contributed by atoms with Crippen molar-refractivity contribution in [2.45, 2.75) is 45.4 Å². The van der Waals surface area contributed by atoms with Gasteiger partial charge in [0.05, 0.1) is 0 Å². The van der Waals surface area contributed by atoms with Gasteiger partial charge in [0.1, 0.15) is 0 Å². The summed E-state index contributed by atoms with van der Waals surface area (Å²) in [7, 11) is 0. The zero-order valence-electron chi connectivity index (χ0n) is 25.1. The highest BCUT2D eigenvalue weighted by Crippen LogP contribution is 2.41. The number of nitrogens with zero attached hydrogens (tertiary/aromatic N) is 2. The average molecular weight is 608 g/mol. The average Bonchev–Trinajstić information content (AvgIpc) is 3.05. The standard InChI is InChI=1S/C39H40Cl2N2/c1-3-5-28-42(32-14-9-7-10-15-32)34-24-20-30(21-25-34)38(39-36(40)18-13-19-37(39)41)31-22-26-35(27-23-31)43(29-6-4-2)33-16-11-8-12-17-33/h7-27,38H,3-6,28-29H2,1-2H3. The maximum absolute atomic E-state index is 6.86. The summed E-state index contributed by atoms with van der Waals surface area (Å²) in [4.78, 5) is 4.79. The van der Waals surface area contributed by atoms with Crippen LogP contribution in [0.3, 0.4) is 0 Å². The molecule has 0 spiro atoms. The maximum atomic E-state index is 6.86. The zero-order chi connectivity index (χ0) is 30.0. The van der Waals surface area contributed by atoms with Crippen LogP contribution >= 0.6 is 23.2 Å². The molecule has 2 nitrogen and oxygen atoms in total. The van der Waals surface area contributed by atoms with Crippen LogP contribution in [-0.4, -0.2) is 13.1 Å². The SMILES string of the molecule is CCCCN(c1ccccc1)c1ccc(C(c2ccc(N(CCCC)c3ccccc3)cc2)c2c(Cl)cccc2Cl)cc1. The van der Waals surface area contributed by atoms with Crippen LogP contribution in [0.2, 0.25) is 10.0 Å².